The van der Waals surface area contributed by atoms with Crippen LogP contribution >= 0.6 is 0 Å². The van der Waals surface area contributed by atoms with Crippen molar-refractivity contribution in [2.45, 2.75) is 32.2 Å². The summed E-state index contributed by atoms with van der Waals surface area (Å²) in [5, 5.41) is 2.46. The van der Waals surface area contributed by atoms with Gasteiger partial charge in [0.15, 0.2) is 0 Å². The summed E-state index contributed by atoms with van der Waals surface area (Å²) >= 11 is 0. The van der Waals surface area contributed by atoms with Crippen LogP contribution in [0.1, 0.15) is 26.2 Å². The normalized spacial score (nSPS) is 11.7. The molecular weight excluding hydrogens is 226 g/mol. The highest BCUT2D eigenvalue weighted by atomic mass is 16.5. The van der Waals surface area contributed by atoms with Crippen molar-refractivity contribution >= 4 is 17.7 Å². The minimum absolute atomic E-state index is 0.0416. The Morgan fingerprint density at radius 2 is 1.88 bits per heavy atom. The fraction of sp³-hybridized carbons (Fsp3) is 0.727. The average Bonchev–Trinajstić information content (AvgIpc) is 2.33. The number of carbonyl (C=O) groups is 3. The predicted octanol–water partition coefficient (Wildman–Crippen LogP) is 0.0499. The van der Waals surface area contributed by atoms with E-state index in [-0.39, 0.29) is 25.2 Å². The molecule has 0 spiro atoms. The highest BCUT2D eigenvalue weighted by Crippen LogP contribution is 2.02. The van der Waals surface area contributed by atoms with Gasteiger partial charge in [0.2, 0.25) is 5.91 Å². The number of hydrogen-bond acceptors (Lipinski definition) is 5. The Balaban J connectivity index is 4.28. The van der Waals surface area contributed by atoms with Crippen LogP contribution in [0.5, 0.6) is 0 Å². The molecule has 0 unspecified atom stereocenters. The highest BCUT2D eigenvalue weighted by molar-refractivity contribution is 5.86. The summed E-state index contributed by atoms with van der Waals surface area (Å²) < 4.78 is 9.19. The van der Waals surface area contributed by atoms with Crippen LogP contribution in [-0.2, 0) is 23.9 Å². The van der Waals surface area contributed by atoms with E-state index in [1.165, 1.54) is 14.2 Å². The van der Waals surface area contributed by atoms with Gasteiger partial charge in [-0.1, -0.05) is 6.92 Å². The average molecular weight is 245 g/mol. The number of amides is 1. The quantitative estimate of drug-likeness (QED) is 0.611. The summed E-state index contributed by atoms with van der Waals surface area (Å²) in [6.07, 6.45) is 0.901. The Bertz CT molecular complexity index is 277. The number of ether oxygens (including phenoxy) is 2. The van der Waals surface area contributed by atoms with E-state index in [9.17, 15) is 14.4 Å². The molecule has 0 radical (unpaired) electrons. The van der Waals surface area contributed by atoms with Crippen molar-refractivity contribution in [2.24, 2.45) is 0 Å². The Morgan fingerprint density at radius 1 is 1.24 bits per heavy atom. The molecule has 6 nitrogen and oxygen atoms in total. The molecule has 1 atom stereocenters. The number of ketones is 1. The van der Waals surface area contributed by atoms with E-state index in [0.29, 0.717) is 6.42 Å². The molecule has 0 aromatic heterocycles. The first-order chi connectivity index (χ1) is 8.04. The first-order valence-electron chi connectivity index (χ1n) is 5.43. The summed E-state index contributed by atoms with van der Waals surface area (Å²) in [6.45, 7) is 1.62. The lowest BCUT2D eigenvalue weighted by Gasteiger charge is -2.15. The fourth-order valence-electron chi connectivity index (χ4n) is 1.24. The summed E-state index contributed by atoms with van der Waals surface area (Å²) in [5.74, 6) is -0.926. The number of Topliss-reactive ketones (excluding diaryl/α,β-unsaturated/α-hetero) is 1. The second-order valence-corrected chi connectivity index (χ2v) is 3.51. The van der Waals surface area contributed by atoms with E-state index in [4.69, 9.17) is 0 Å². The molecule has 0 fully saturated rings. The summed E-state index contributed by atoms with van der Waals surface area (Å²) in [7, 11) is 2.62. The van der Waals surface area contributed by atoms with Crippen LogP contribution in [0.15, 0.2) is 0 Å². The van der Waals surface area contributed by atoms with Crippen LogP contribution in [0.4, 0.5) is 0 Å². The lowest BCUT2D eigenvalue weighted by Crippen LogP contribution is -2.43. The number of methoxy groups -OCH3 is 2. The van der Waals surface area contributed by atoms with Crippen LogP contribution in [0.2, 0.25) is 0 Å². The molecule has 0 saturated heterocycles. The molecule has 0 aliphatic heterocycles. The van der Waals surface area contributed by atoms with Crippen LogP contribution in [-0.4, -0.2) is 44.5 Å². The van der Waals surface area contributed by atoms with E-state index in [0.717, 1.165) is 0 Å². The molecule has 98 valence electrons. The van der Waals surface area contributed by atoms with Gasteiger partial charge >= 0.3 is 5.97 Å². The molecule has 17 heavy (non-hydrogen) atoms. The van der Waals surface area contributed by atoms with Crippen LogP contribution in [0.25, 0.3) is 0 Å². The first-order valence-corrected chi connectivity index (χ1v) is 5.43. The van der Waals surface area contributed by atoms with E-state index in [1.807, 2.05) is 0 Å². The number of carbonyl (C=O) groups excluding carboxylic acids is 3. The maximum atomic E-state index is 11.4. The van der Waals surface area contributed by atoms with E-state index in [1.54, 1.807) is 6.92 Å². The van der Waals surface area contributed by atoms with Crippen molar-refractivity contribution in [1.29, 1.82) is 0 Å². The van der Waals surface area contributed by atoms with Crippen molar-refractivity contribution in [2.75, 3.05) is 20.8 Å². The van der Waals surface area contributed by atoms with Crippen LogP contribution < -0.4 is 5.32 Å². The minimum atomic E-state index is -0.793. The lowest BCUT2D eigenvalue weighted by atomic mass is 10.1. The molecule has 1 amide bonds. The van der Waals surface area contributed by atoms with Gasteiger partial charge in [-0.2, -0.15) is 0 Å². The van der Waals surface area contributed by atoms with Gasteiger partial charge in [-0.05, 0) is 6.42 Å². The number of esters is 1. The summed E-state index contributed by atoms with van der Waals surface area (Å²) in [6, 6.07) is -0.793. The fourth-order valence-corrected chi connectivity index (χ4v) is 1.24. The van der Waals surface area contributed by atoms with E-state index >= 15 is 0 Å². The van der Waals surface area contributed by atoms with Crippen molar-refractivity contribution in [1.82, 2.24) is 5.32 Å². The molecule has 0 saturated carbocycles. The Labute approximate surface area is 101 Å². The van der Waals surface area contributed by atoms with Crippen LogP contribution in [0.3, 0.4) is 0 Å². The molecule has 0 aromatic carbocycles. The third-order valence-corrected chi connectivity index (χ3v) is 2.20. The van der Waals surface area contributed by atoms with Gasteiger partial charge in [0, 0.05) is 20.0 Å². The SMILES string of the molecule is CCC(=O)CC[C@@H](NC(=O)COC)C(=O)OC. The smallest absolute Gasteiger partial charge is 0.328 e. The second-order valence-electron chi connectivity index (χ2n) is 3.51. The highest BCUT2D eigenvalue weighted by Gasteiger charge is 2.21. The van der Waals surface area contributed by atoms with Crippen molar-refractivity contribution in [3.05, 3.63) is 0 Å². The zero-order chi connectivity index (χ0) is 13.3. The molecule has 1 N–H and O–H groups in total. The Kier molecular flexibility index (Phi) is 7.96. The molecule has 0 heterocycles. The van der Waals surface area contributed by atoms with E-state index in [2.05, 4.69) is 14.8 Å². The van der Waals surface area contributed by atoms with Gasteiger partial charge in [-0.25, -0.2) is 4.79 Å². The third kappa shape index (κ3) is 6.68. The Morgan fingerprint density at radius 3 is 2.35 bits per heavy atom. The molecular formula is C11H19NO5. The molecule has 0 aromatic rings. The van der Waals surface area contributed by atoms with Gasteiger partial charge < -0.3 is 14.8 Å². The number of hydrogen-bond donors (Lipinski definition) is 1. The predicted molar refractivity (Wildman–Crippen MR) is 60.4 cm³/mol. The zero-order valence-corrected chi connectivity index (χ0v) is 10.4. The molecule has 0 aliphatic rings. The molecule has 0 bridgehead atoms. The Hall–Kier alpha value is -1.43. The van der Waals surface area contributed by atoms with Crippen molar-refractivity contribution in [3.63, 3.8) is 0 Å². The lowest BCUT2D eigenvalue weighted by molar-refractivity contribution is -0.145. The van der Waals surface area contributed by atoms with Crippen LogP contribution in [0, 0.1) is 0 Å². The molecule has 6 heteroatoms. The minimum Gasteiger partial charge on any atom is -0.467 e. The molecule has 0 rings (SSSR count). The zero-order valence-electron chi connectivity index (χ0n) is 10.4. The second kappa shape index (κ2) is 8.69. The topological polar surface area (TPSA) is 81.7 Å². The summed E-state index contributed by atoms with van der Waals surface area (Å²) in [4.78, 5) is 33.8. The standard InChI is InChI=1S/C11H19NO5/c1-4-8(13)5-6-9(11(15)17-3)12-10(14)7-16-2/h9H,4-7H2,1-3H3,(H,12,14)/t9-/m1/s1. The third-order valence-electron chi connectivity index (χ3n) is 2.20. The first kappa shape index (κ1) is 15.6. The monoisotopic (exact) mass is 245 g/mol. The van der Waals surface area contributed by atoms with E-state index < -0.39 is 17.9 Å². The van der Waals surface area contributed by atoms with Gasteiger partial charge in [-0.3, -0.25) is 9.59 Å². The number of nitrogens with one attached hydrogen (secondary N) is 1. The maximum Gasteiger partial charge on any atom is 0.328 e. The van der Waals surface area contributed by atoms with Crippen molar-refractivity contribution in [3.8, 4) is 0 Å². The van der Waals surface area contributed by atoms with Gasteiger partial charge in [-0.15, -0.1) is 0 Å². The largest absolute Gasteiger partial charge is 0.467 e. The van der Waals surface area contributed by atoms with Crippen molar-refractivity contribution < 1.29 is 23.9 Å². The van der Waals surface area contributed by atoms with Gasteiger partial charge in [0.1, 0.15) is 18.4 Å². The van der Waals surface area contributed by atoms with Gasteiger partial charge in [0.25, 0.3) is 0 Å². The summed E-state index contributed by atoms with van der Waals surface area (Å²) in [5.41, 5.74) is 0. The molecule has 0 aliphatic carbocycles. The maximum absolute atomic E-state index is 11.4. The number of rotatable bonds is 8. The van der Waals surface area contributed by atoms with Gasteiger partial charge in [0.05, 0.1) is 7.11 Å².